The molecule has 0 radical (unpaired) electrons. The second kappa shape index (κ2) is 6.94. The van der Waals surface area contributed by atoms with Gasteiger partial charge in [-0.15, -0.1) is 11.3 Å². The standard InChI is InChI=1S/C15H22N2S/c1-2-4-13-6-9-17(11-13)12-15-14(5-3-8-16)7-10-18-15/h7,10,13H,2,4,6,8-9,11-12,16H2,1H3. The second-order valence-corrected chi connectivity index (χ2v) is 5.94. The summed E-state index contributed by atoms with van der Waals surface area (Å²) in [6.45, 7) is 6.29. The predicted octanol–water partition coefficient (Wildman–Crippen LogP) is 2.68. The number of rotatable bonds is 4. The van der Waals surface area contributed by atoms with Gasteiger partial charge in [0.1, 0.15) is 0 Å². The van der Waals surface area contributed by atoms with Crippen LogP contribution in [0.25, 0.3) is 0 Å². The number of likely N-dealkylation sites (tertiary alicyclic amines) is 1. The first-order valence-electron chi connectivity index (χ1n) is 6.81. The van der Waals surface area contributed by atoms with Gasteiger partial charge in [-0.25, -0.2) is 0 Å². The molecule has 18 heavy (non-hydrogen) atoms. The van der Waals surface area contributed by atoms with E-state index in [-0.39, 0.29) is 0 Å². The molecule has 2 rings (SSSR count). The molecule has 0 spiro atoms. The Morgan fingerprint density at radius 1 is 1.56 bits per heavy atom. The van der Waals surface area contributed by atoms with Crippen LogP contribution in [0.5, 0.6) is 0 Å². The van der Waals surface area contributed by atoms with Crippen molar-refractivity contribution in [2.75, 3.05) is 19.6 Å². The van der Waals surface area contributed by atoms with Crippen LogP contribution in [0.2, 0.25) is 0 Å². The number of nitrogens with two attached hydrogens (primary N) is 1. The summed E-state index contributed by atoms with van der Waals surface area (Å²) >= 11 is 1.82. The van der Waals surface area contributed by atoms with E-state index in [1.165, 1.54) is 42.8 Å². The molecule has 1 atom stereocenters. The van der Waals surface area contributed by atoms with Crippen LogP contribution in [-0.2, 0) is 6.54 Å². The third-order valence-electron chi connectivity index (χ3n) is 3.50. The molecule has 1 saturated heterocycles. The van der Waals surface area contributed by atoms with E-state index in [4.69, 9.17) is 5.73 Å². The molecule has 0 aromatic carbocycles. The average Bonchev–Trinajstić information content (AvgIpc) is 2.98. The van der Waals surface area contributed by atoms with E-state index in [2.05, 4.69) is 35.1 Å². The van der Waals surface area contributed by atoms with E-state index in [1.54, 1.807) is 0 Å². The van der Waals surface area contributed by atoms with Crippen molar-refractivity contribution in [3.8, 4) is 11.8 Å². The summed E-state index contributed by atoms with van der Waals surface area (Å²) in [5.74, 6) is 7.03. The summed E-state index contributed by atoms with van der Waals surface area (Å²) in [5, 5.41) is 2.13. The maximum atomic E-state index is 5.43. The highest BCUT2D eigenvalue weighted by molar-refractivity contribution is 7.10. The van der Waals surface area contributed by atoms with Crippen LogP contribution >= 0.6 is 11.3 Å². The van der Waals surface area contributed by atoms with E-state index in [1.807, 2.05) is 11.3 Å². The highest BCUT2D eigenvalue weighted by atomic mass is 32.1. The van der Waals surface area contributed by atoms with E-state index in [0.29, 0.717) is 6.54 Å². The minimum atomic E-state index is 0.442. The number of thiophene rings is 1. The van der Waals surface area contributed by atoms with Gasteiger partial charge in [-0.1, -0.05) is 25.2 Å². The van der Waals surface area contributed by atoms with Gasteiger partial charge < -0.3 is 5.73 Å². The lowest BCUT2D eigenvalue weighted by Gasteiger charge is -2.15. The van der Waals surface area contributed by atoms with E-state index in [0.717, 1.165) is 12.5 Å². The minimum Gasteiger partial charge on any atom is -0.320 e. The minimum absolute atomic E-state index is 0.442. The lowest BCUT2D eigenvalue weighted by atomic mass is 10.0. The molecule has 1 aromatic rings. The van der Waals surface area contributed by atoms with Crippen molar-refractivity contribution >= 4 is 11.3 Å². The molecule has 0 saturated carbocycles. The Bertz CT molecular complexity index is 427. The summed E-state index contributed by atoms with van der Waals surface area (Å²) in [7, 11) is 0. The average molecular weight is 262 g/mol. The van der Waals surface area contributed by atoms with Crippen molar-refractivity contribution in [1.29, 1.82) is 0 Å². The van der Waals surface area contributed by atoms with Crippen molar-refractivity contribution < 1.29 is 0 Å². The van der Waals surface area contributed by atoms with Gasteiger partial charge in [0, 0.05) is 23.5 Å². The normalized spacial score (nSPS) is 19.8. The fourth-order valence-corrected chi connectivity index (χ4v) is 3.50. The van der Waals surface area contributed by atoms with Crippen LogP contribution in [0.15, 0.2) is 11.4 Å². The largest absolute Gasteiger partial charge is 0.320 e. The molecule has 1 fully saturated rings. The number of hydrogen-bond acceptors (Lipinski definition) is 3. The molecule has 2 nitrogen and oxygen atoms in total. The summed E-state index contributed by atoms with van der Waals surface area (Å²) in [6, 6.07) is 2.11. The molecule has 1 aliphatic heterocycles. The highest BCUT2D eigenvalue weighted by Crippen LogP contribution is 2.25. The Balaban J connectivity index is 1.92. The summed E-state index contributed by atoms with van der Waals surface area (Å²) in [4.78, 5) is 3.97. The van der Waals surface area contributed by atoms with Gasteiger partial charge in [-0.05, 0) is 36.8 Å². The van der Waals surface area contributed by atoms with Crippen LogP contribution in [0.3, 0.4) is 0 Å². The first-order valence-corrected chi connectivity index (χ1v) is 7.69. The number of nitrogens with zero attached hydrogens (tertiary/aromatic N) is 1. The zero-order valence-corrected chi connectivity index (χ0v) is 11.9. The van der Waals surface area contributed by atoms with Gasteiger partial charge >= 0.3 is 0 Å². The molecule has 98 valence electrons. The van der Waals surface area contributed by atoms with Crippen molar-refractivity contribution in [1.82, 2.24) is 4.90 Å². The molecular formula is C15H22N2S. The Kier molecular flexibility index (Phi) is 5.25. The van der Waals surface area contributed by atoms with Gasteiger partial charge in [0.2, 0.25) is 0 Å². The zero-order valence-electron chi connectivity index (χ0n) is 11.1. The smallest absolute Gasteiger partial charge is 0.0555 e. The molecule has 0 bridgehead atoms. The van der Waals surface area contributed by atoms with Gasteiger partial charge in [-0.3, -0.25) is 4.90 Å². The van der Waals surface area contributed by atoms with Crippen LogP contribution in [0.4, 0.5) is 0 Å². The quantitative estimate of drug-likeness (QED) is 0.845. The molecule has 2 N–H and O–H groups in total. The van der Waals surface area contributed by atoms with Crippen molar-refractivity contribution in [2.24, 2.45) is 11.7 Å². The van der Waals surface area contributed by atoms with Crippen molar-refractivity contribution in [2.45, 2.75) is 32.7 Å². The van der Waals surface area contributed by atoms with Gasteiger partial charge in [0.05, 0.1) is 6.54 Å². The number of hydrogen-bond donors (Lipinski definition) is 1. The van der Waals surface area contributed by atoms with E-state index in [9.17, 15) is 0 Å². The highest BCUT2D eigenvalue weighted by Gasteiger charge is 2.22. The van der Waals surface area contributed by atoms with Crippen LogP contribution < -0.4 is 5.73 Å². The Morgan fingerprint density at radius 3 is 3.22 bits per heavy atom. The molecule has 0 aliphatic carbocycles. The maximum Gasteiger partial charge on any atom is 0.0555 e. The molecule has 1 aliphatic rings. The molecule has 3 heteroatoms. The summed E-state index contributed by atoms with van der Waals surface area (Å²) < 4.78 is 0. The monoisotopic (exact) mass is 262 g/mol. The lowest BCUT2D eigenvalue weighted by molar-refractivity contribution is 0.315. The SMILES string of the molecule is CCCC1CCN(Cc2sccc2C#CCN)C1. The van der Waals surface area contributed by atoms with Gasteiger partial charge in [0.25, 0.3) is 0 Å². The second-order valence-electron chi connectivity index (χ2n) is 4.94. The Morgan fingerprint density at radius 2 is 2.44 bits per heavy atom. The zero-order chi connectivity index (χ0) is 12.8. The Labute approximate surface area is 114 Å². The Hall–Kier alpha value is -0.820. The molecular weight excluding hydrogens is 240 g/mol. The first-order chi connectivity index (χ1) is 8.83. The lowest BCUT2D eigenvalue weighted by Crippen LogP contribution is -2.19. The predicted molar refractivity (Wildman–Crippen MR) is 78.5 cm³/mol. The molecule has 1 aromatic heterocycles. The van der Waals surface area contributed by atoms with Crippen molar-refractivity contribution in [3.63, 3.8) is 0 Å². The first kappa shape index (κ1) is 13.6. The molecule has 1 unspecified atom stereocenters. The van der Waals surface area contributed by atoms with E-state index < -0.39 is 0 Å². The van der Waals surface area contributed by atoms with Crippen LogP contribution in [0, 0.1) is 17.8 Å². The topological polar surface area (TPSA) is 29.3 Å². The summed E-state index contributed by atoms with van der Waals surface area (Å²) in [6.07, 6.45) is 4.05. The van der Waals surface area contributed by atoms with Crippen molar-refractivity contribution in [3.05, 3.63) is 21.9 Å². The fourth-order valence-electron chi connectivity index (χ4n) is 2.62. The van der Waals surface area contributed by atoms with E-state index >= 15 is 0 Å². The third-order valence-corrected chi connectivity index (χ3v) is 4.41. The van der Waals surface area contributed by atoms with Crippen LogP contribution in [0.1, 0.15) is 36.6 Å². The van der Waals surface area contributed by atoms with Gasteiger partial charge in [-0.2, -0.15) is 0 Å². The summed E-state index contributed by atoms with van der Waals surface area (Å²) in [5.41, 5.74) is 6.60. The third kappa shape index (κ3) is 3.58. The molecule has 0 amide bonds. The fraction of sp³-hybridized carbons (Fsp3) is 0.600. The van der Waals surface area contributed by atoms with Gasteiger partial charge in [0.15, 0.2) is 0 Å². The van der Waals surface area contributed by atoms with Crippen LogP contribution in [-0.4, -0.2) is 24.5 Å². The molecule has 2 heterocycles. The maximum absolute atomic E-state index is 5.43.